The molecular weight excluding hydrogens is 252 g/mol. The summed E-state index contributed by atoms with van der Waals surface area (Å²) in [5, 5.41) is 3.10. The van der Waals surface area contributed by atoms with Crippen LogP contribution < -0.4 is 14.8 Å². The molecule has 1 heterocycles. The molecule has 0 radical (unpaired) electrons. The average Bonchev–Trinajstić information content (AvgIpc) is 2.44. The van der Waals surface area contributed by atoms with Crippen LogP contribution in [0.5, 0.6) is 17.4 Å². The van der Waals surface area contributed by atoms with E-state index >= 15 is 0 Å². The minimum Gasteiger partial charge on any atom is -0.494 e. The molecule has 1 aromatic heterocycles. The Bertz CT molecular complexity index is 553. The van der Waals surface area contributed by atoms with Gasteiger partial charge in [0.2, 0.25) is 5.88 Å². The number of benzene rings is 1. The molecule has 0 fully saturated rings. The number of nitrogens with zero attached hydrogens (tertiary/aromatic N) is 1. The van der Waals surface area contributed by atoms with Gasteiger partial charge in [-0.3, -0.25) is 0 Å². The lowest BCUT2D eigenvalue weighted by Crippen LogP contribution is -2.06. The summed E-state index contributed by atoms with van der Waals surface area (Å²) in [4.78, 5) is 4.36. The third kappa shape index (κ3) is 3.71. The zero-order valence-corrected chi connectivity index (χ0v) is 12.1. The number of hydrogen-bond donors (Lipinski definition) is 1. The quantitative estimate of drug-likeness (QED) is 0.876. The SMILES string of the molecule is CCOc1ccc(Oc2ncc(CNC)cc2C)cc1. The van der Waals surface area contributed by atoms with Crippen molar-refractivity contribution in [3.63, 3.8) is 0 Å². The lowest BCUT2D eigenvalue weighted by molar-refractivity contribution is 0.339. The molecule has 0 bridgehead atoms. The summed E-state index contributed by atoms with van der Waals surface area (Å²) in [6.45, 7) is 5.42. The van der Waals surface area contributed by atoms with Gasteiger partial charge < -0.3 is 14.8 Å². The van der Waals surface area contributed by atoms with Crippen LogP contribution in [0.4, 0.5) is 0 Å². The van der Waals surface area contributed by atoms with E-state index in [1.165, 1.54) is 0 Å². The summed E-state index contributed by atoms with van der Waals surface area (Å²) in [7, 11) is 1.92. The Morgan fingerprint density at radius 2 is 1.85 bits per heavy atom. The van der Waals surface area contributed by atoms with E-state index in [1.807, 2.05) is 51.4 Å². The second-order valence-electron chi connectivity index (χ2n) is 4.50. The van der Waals surface area contributed by atoms with Gasteiger partial charge in [-0.05, 0) is 56.8 Å². The Hall–Kier alpha value is -2.07. The number of ether oxygens (including phenoxy) is 2. The molecule has 20 heavy (non-hydrogen) atoms. The molecule has 0 unspecified atom stereocenters. The zero-order valence-electron chi connectivity index (χ0n) is 12.1. The first kappa shape index (κ1) is 14.3. The summed E-state index contributed by atoms with van der Waals surface area (Å²) in [6.07, 6.45) is 1.83. The number of aromatic nitrogens is 1. The van der Waals surface area contributed by atoms with Crippen molar-refractivity contribution in [2.24, 2.45) is 0 Å². The highest BCUT2D eigenvalue weighted by Gasteiger charge is 2.05. The van der Waals surface area contributed by atoms with Crippen LogP contribution in [-0.2, 0) is 6.54 Å². The maximum Gasteiger partial charge on any atom is 0.222 e. The molecule has 4 nitrogen and oxygen atoms in total. The molecule has 0 aliphatic rings. The Labute approximate surface area is 119 Å². The fraction of sp³-hybridized carbons (Fsp3) is 0.312. The molecule has 0 saturated heterocycles. The van der Waals surface area contributed by atoms with Gasteiger partial charge in [0, 0.05) is 18.3 Å². The molecule has 0 atom stereocenters. The summed E-state index contributed by atoms with van der Waals surface area (Å²) < 4.78 is 11.2. The highest BCUT2D eigenvalue weighted by atomic mass is 16.5. The highest BCUT2D eigenvalue weighted by molar-refractivity contribution is 5.36. The average molecular weight is 272 g/mol. The molecule has 4 heteroatoms. The van der Waals surface area contributed by atoms with Gasteiger partial charge in [-0.2, -0.15) is 0 Å². The van der Waals surface area contributed by atoms with E-state index in [-0.39, 0.29) is 0 Å². The van der Waals surface area contributed by atoms with E-state index in [1.54, 1.807) is 0 Å². The van der Waals surface area contributed by atoms with Crippen LogP contribution >= 0.6 is 0 Å². The summed E-state index contributed by atoms with van der Waals surface area (Å²) in [6, 6.07) is 9.63. The summed E-state index contributed by atoms with van der Waals surface area (Å²) >= 11 is 0. The number of pyridine rings is 1. The fourth-order valence-corrected chi connectivity index (χ4v) is 1.91. The summed E-state index contributed by atoms with van der Waals surface area (Å²) in [5.74, 6) is 2.23. The first-order valence-corrected chi connectivity index (χ1v) is 6.73. The third-order valence-electron chi connectivity index (χ3n) is 2.82. The van der Waals surface area contributed by atoms with Gasteiger partial charge in [0.25, 0.3) is 0 Å². The molecular formula is C16H20N2O2. The molecule has 0 aliphatic carbocycles. The minimum atomic E-state index is 0.633. The molecule has 0 saturated carbocycles. The molecule has 1 aromatic carbocycles. The molecule has 2 aromatic rings. The van der Waals surface area contributed by atoms with E-state index in [4.69, 9.17) is 9.47 Å². The van der Waals surface area contributed by atoms with Crippen LogP contribution in [0.15, 0.2) is 36.5 Å². The Balaban J connectivity index is 2.09. The van der Waals surface area contributed by atoms with Gasteiger partial charge in [0.15, 0.2) is 0 Å². The van der Waals surface area contributed by atoms with Gasteiger partial charge in [-0.1, -0.05) is 0 Å². The number of rotatable bonds is 6. The highest BCUT2D eigenvalue weighted by Crippen LogP contribution is 2.25. The first-order chi connectivity index (χ1) is 9.72. The van der Waals surface area contributed by atoms with E-state index < -0.39 is 0 Å². The third-order valence-corrected chi connectivity index (χ3v) is 2.82. The van der Waals surface area contributed by atoms with Crippen LogP contribution in [0.25, 0.3) is 0 Å². The molecule has 1 N–H and O–H groups in total. The minimum absolute atomic E-state index is 0.633. The van der Waals surface area contributed by atoms with E-state index in [9.17, 15) is 0 Å². The fourth-order valence-electron chi connectivity index (χ4n) is 1.91. The number of hydrogen-bond acceptors (Lipinski definition) is 4. The Morgan fingerprint density at radius 3 is 2.45 bits per heavy atom. The monoisotopic (exact) mass is 272 g/mol. The van der Waals surface area contributed by atoms with Crippen molar-refractivity contribution in [3.05, 3.63) is 47.7 Å². The lowest BCUT2D eigenvalue weighted by Gasteiger charge is -2.10. The van der Waals surface area contributed by atoms with Crippen LogP contribution in [-0.4, -0.2) is 18.6 Å². The van der Waals surface area contributed by atoms with E-state index in [0.29, 0.717) is 12.5 Å². The van der Waals surface area contributed by atoms with E-state index in [2.05, 4.69) is 16.4 Å². The van der Waals surface area contributed by atoms with Crippen molar-refractivity contribution in [2.45, 2.75) is 20.4 Å². The zero-order chi connectivity index (χ0) is 14.4. The van der Waals surface area contributed by atoms with Crippen molar-refractivity contribution in [1.29, 1.82) is 0 Å². The lowest BCUT2D eigenvalue weighted by atomic mass is 10.2. The normalized spacial score (nSPS) is 10.3. The van der Waals surface area contributed by atoms with Crippen molar-refractivity contribution in [2.75, 3.05) is 13.7 Å². The van der Waals surface area contributed by atoms with Crippen molar-refractivity contribution < 1.29 is 9.47 Å². The molecule has 106 valence electrons. The van der Waals surface area contributed by atoms with Gasteiger partial charge in [0.1, 0.15) is 11.5 Å². The maximum atomic E-state index is 5.79. The first-order valence-electron chi connectivity index (χ1n) is 6.73. The maximum absolute atomic E-state index is 5.79. The van der Waals surface area contributed by atoms with Crippen molar-refractivity contribution in [3.8, 4) is 17.4 Å². The van der Waals surface area contributed by atoms with Gasteiger partial charge in [0.05, 0.1) is 6.61 Å². The van der Waals surface area contributed by atoms with Crippen LogP contribution in [0, 0.1) is 6.92 Å². The largest absolute Gasteiger partial charge is 0.494 e. The summed E-state index contributed by atoms with van der Waals surface area (Å²) in [5.41, 5.74) is 2.16. The smallest absolute Gasteiger partial charge is 0.222 e. The molecule has 2 rings (SSSR count). The van der Waals surface area contributed by atoms with Gasteiger partial charge in [-0.15, -0.1) is 0 Å². The molecule has 0 amide bonds. The van der Waals surface area contributed by atoms with Gasteiger partial charge in [-0.25, -0.2) is 4.98 Å². The topological polar surface area (TPSA) is 43.4 Å². The number of nitrogens with one attached hydrogen (secondary N) is 1. The second-order valence-corrected chi connectivity index (χ2v) is 4.50. The van der Waals surface area contributed by atoms with Crippen LogP contribution in [0.1, 0.15) is 18.1 Å². The standard InChI is InChI=1S/C16H20N2O2/c1-4-19-14-5-7-15(8-6-14)20-16-12(2)9-13(10-17-3)11-18-16/h5-9,11,17H,4,10H2,1-3H3. The van der Waals surface area contributed by atoms with Gasteiger partial charge >= 0.3 is 0 Å². The van der Waals surface area contributed by atoms with Crippen molar-refractivity contribution in [1.82, 2.24) is 10.3 Å². The Kier molecular flexibility index (Phi) is 4.96. The molecule has 0 spiro atoms. The van der Waals surface area contributed by atoms with Crippen LogP contribution in [0.3, 0.4) is 0 Å². The van der Waals surface area contributed by atoms with E-state index in [0.717, 1.165) is 29.2 Å². The Morgan fingerprint density at radius 1 is 1.15 bits per heavy atom. The van der Waals surface area contributed by atoms with Crippen molar-refractivity contribution >= 4 is 0 Å². The molecule has 0 aliphatic heterocycles. The van der Waals surface area contributed by atoms with Crippen LogP contribution in [0.2, 0.25) is 0 Å². The predicted octanol–water partition coefficient (Wildman–Crippen LogP) is 3.30. The number of aryl methyl sites for hydroxylation is 1. The predicted molar refractivity (Wildman–Crippen MR) is 79.4 cm³/mol. The second kappa shape index (κ2) is 6.91.